The lowest BCUT2D eigenvalue weighted by atomic mass is 9.85. The van der Waals surface area contributed by atoms with E-state index in [9.17, 15) is 22.8 Å². The third kappa shape index (κ3) is 3.68. The number of hydrogen-bond acceptors (Lipinski definition) is 3. The van der Waals surface area contributed by atoms with Crippen LogP contribution in [0.1, 0.15) is 38.5 Å². The summed E-state index contributed by atoms with van der Waals surface area (Å²) in [5.74, 6) is -1.87. The lowest BCUT2D eigenvalue weighted by Crippen LogP contribution is -2.54. The van der Waals surface area contributed by atoms with Gasteiger partial charge in [-0.2, -0.15) is 13.2 Å². The Balaban J connectivity index is 1.80. The van der Waals surface area contributed by atoms with Crippen molar-refractivity contribution in [3.05, 3.63) is 0 Å². The molecule has 2 rings (SSSR count). The van der Waals surface area contributed by atoms with Crippen molar-refractivity contribution >= 4 is 11.8 Å². The van der Waals surface area contributed by atoms with Crippen molar-refractivity contribution in [2.75, 3.05) is 0 Å². The first-order valence-electron chi connectivity index (χ1n) is 6.52. The molecular formula is C12H17F3N2O2. The fourth-order valence-corrected chi connectivity index (χ4v) is 2.72. The molecule has 0 bridgehead atoms. The summed E-state index contributed by atoms with van der Waals surface area (Å²) in [6.07, 6.45) is -2.36. The van der Waals surface area contributed by atoms with Crippen LogP contribution in [0, 0.1) is 5.92 Å². The zero-order valence-corrected chi connectivity index (χ0v) is 10.4. The number of piperidine rings is 1. The summed E-state index contributed by atoms with van der Waals surface area (Å²) in [6.45, 7) is 0. The van der Waals surface area contributed by atoms with Gasteiger partial charge in [0.2, 0.25) is 11.8 Å². The van der Waals surface area contributed by atoms with Crippen molar-refractivity contribution < 1.29 is 22.8 Å². The number of halogens is 3. The maximum atomic E-state index is 12.5. The van der Waals surface area contributed by atoms with E-state index in [0.29, 0.717) is 19.3 Å². The summed E-state index contributed by atoms with van der Waals surface area (Å²) < 4.78 is 37.5. The average Bonchev–Trinajstić information content (AvgIpc) is 2.32. The van der Waals surface area contributed by atoms with Gasteiger partial charge in [-0.05, 0) is 32.1 Å². The molecule has 0 radical (unpaired) electrons. The van der Waals surface area contributed by atoms with Crippen LogP contribution in [0.2, 0.25) is 0 Å². The molecule has 2 aliphatic rings. The minimum Gasteiger partial charge on any atom is -0.303 e. The first kappa shape index (κ1) is 14.3. The van der Waals surface area contributed by atoms with E-state index in [1.54, 1.807) is 0 Å². The van der Waals surface area contributed by atoms with Gasteiger partial charge < -0.3 is 5.32 Å². The first-order valence-corrected chi connectivity index (χ1v) is 6.52. The molecule has 2 fully saturated rings. The molecular weight excluding hydrogens is 261 g/mol. The summed E-state index contributed by atoms with van der Waals surface area (Å²) >= 11 is 0. The van der Waals surface area contributed by atoms with E-state index in [-0.39, 0.29) is 37.1 Å². The molecule has 108 valence electrons. The lowest BCUT2D eigenvalue weighted by molar-refractivity contribution is -0.183. The van der Waals surface area contributed by atoms with Crippen molar-refractivity contribution in [3.63, 3.8) is 0 Å². The SMILES string of the molecule is O=C1CCC(NC2CCC(C(F)(F)F)CC2)C(=O)N1. The maximum Gasteiger partial charge on any atom is 0.391 e. The van der Waals surface area contributed by atoms with E-state index in [0.717, 1.165) is 0 Å². The number of carbonyl (C=O) groups is 2. The molecule has 1 unspecified atom stereocenters. The number of imide groups is 1. The number of nitrogens with one attached hydrogen (secondary N) is 2. The minimum absolute atomic E-state index is 0.0671. The van der Waals surface area contributed by atoms with Crippen LogP contribution in [-0.2, 0) is 9.59 Å². The van der Waals surface area contributed by atoms with Gasteiger partial charge in [0.1, 0.15) is 0 Å². The Hall–Kier alpha value is -1.11. The Kier molecular flexibility index (Phi) is 4.13. The second-order valence-corrected chi connectivity index (χ2v) is 5.26. The summed E-state index contributed by atoms with van der Waals surface area (Å²) in [4.78, 5) is 22.5. The van der Waals surface area contributed by atoms with Crippen LogP contribution in [-0.4, -0.2) is 30.1 Å². The third-order valence-electron chi connectivity index (χ3n) is 3.87. The smallest absolute Gasteiger partial charge is 0.303 e. The summed E-state index contributed by atoms with van der Waals surface area (Å²) in [6, 6.07) is -0.521. The quantitative estimate of drug-likeness (QED) is 0.753. The van der Waals surface area contributed by atoms with Crippen molar-refractivity contribution in [1.29, 1.82) is 0 Å². The highest BCUT2D eigenvalue weighted by atomic mass is 19.4. The predicted octanol–water partition coefficient (Wildman–Crippen LogP) is 1.50. The van der Waals surface area contributed by atoms with Crippen molar-refractivity contribution in [2.45, 2.75) is 56.8 Å². The Morgan fingerprint density at radius 2 is 1.68 bits per heavy atom. The van der Waals surface area contributed by atoms with Crippen LogP contribution in [0.3, 0.4) is 0 Å². The molecule has 2 N–H and O–H groups in total. The van der Waals surface area contributed by atoms with Crippen LogP contribution in [0.15, 0.2) is 0 Å². The molecule has 1 aliphatic heterocycles. The first-order chi connectivity index (χ1) is 8.86. The molecule has 7 heteroatoms. The molecule has 0 aromatic rings. The van der Waals surface area contributed by atoms with Crippen LogP contribution >= 0.6 is 0 Å². The van der Waals surface area contributed by atoms with Gasteiger partial charge in [-0.1, -0.05) is 0 Å². The highest BCUT2D eigenvalue weighted by molar-refractivity contribution is 6.00. The highest BCUT2D eigenvalue weighted by Crippen LogP contribution is 2.37. The van der Waals surface area contributed by atoms with E-state index < -0.39 is 18.1 Å². The summed E-state index contributed by atoms with van der Waals surface area (Å²) in [5.41, 5.74) is 0. The molecule has 0 aromatic heterocycles. The lowest BCUT2D eigenvalue weighted by Gasteiger charge is -2.33. The molecule has 0 spiro atoms. The van der Waals surface area contributed by atoms with Gasteiger partial charge in [-0.25, -0.2) is 0 Å². The second kappa shape index (κ2) is 5.48. The zero-order chi connectivity index (χ0) is 14.0. The summed E-state index contributed by atoms with van der Waals surface area (Å²) in [5, 5.41) is 5.30. The number of carbonyl (C=O) groups excluding carboxylic acids is 2. The zero-order valence-electron chi connectivity index (χ0n) is 10.4. The highest BCUT2D eigenvalue weighted by Gasteiger charge is 2.42. The van der Waals surface area contributed by atoms with Gasteiger partial charge >= 0.3 is 6.18 Å². The predicted molar refractivity (Wildman–Crippen MR) is 61.1 cm³/mol. The molecule has 19 heavy (non-hydrogen) atoms. The van der Waals surface area contributed by atoms with E-state index >= 15 is 0 Å². The van der Waals surface area contributed by atoms with Gasteiger partial charge in [0, 0.05) is 12.5 Å². The molecule has 1 saturated heterocycles. The van der Waals surface area contributed by atoms with Gasteiger partial charge in [0.15, 0.2) is 0 Å². The third-order valence-corrected chi connectivity index (χ3v) is 3.87. The number of alkyl halides is 3. The van der Waals surface area contributed by atoms with Crippen LogP contribution in [0.5, 0.6) is 0 Å². The molecule has 1 heterocycles. The minimum atomic E-state index is -4.11. The van der Waals surface area contributed by atoms with E-state index in [1.165, 1.54) is 0 Å². The average molecular weight is 278 g/mol. The topological polar surface area (TPSA) is 58.2 Å². The van der Waals surface area contributed by atoms with Crippen molar-refractivity contribution in [2.24, 2.45) is 5.92 Å². The van der Waals surface area contributed by atoms with E-state index in [4.69, 9.17) is 0 Å². The van der Waals surface area contributed by atoms with Crippen molar-refractivity contribution in [3.8, 4) is 0 Å². The normalized spacial score (nSPS) is 33.1. The van der Waals surface area contributed by atoms with E-state index in [1.807, 2.05) is 0 Å². The maximum absolute atomic E-state index is 12.5. The van der Waals surface area contributed by atoms with Gasteiger partial charge in [-0.3, -0.25) is 14.9 Å². The van der Waals surface area contributed by atoms with Gasteiger partial charge in [-0.15, -0.1) is 0 Å². The van der Waals surface area contributed by atoms with Gasteiger partial charge in [0.25, 0.3) is 0 Å². The van der Waals surface area contributed by atoms with Crippen LogP contribution in [0.25, 0.3) is 0 Å². The molecule has 4 nitrogen and oxygen atoms in total. The Labute approximate surface area is 109 Å². The largest absolute Gasteiger partial charge is 0.391 e. The fourth-order valence-electron chi connectivity index (χ4n) is 2.72. The van der Waals surface area contributed by atoms with Crippen LogP contribution < -0.4 is 10.6 Å². The second-order valence-electron chi connectivity index (χ2n) is 5.26. The Bertz CT molecular complexity index is 362. The van der Waals surface area contributed by atoms with Gasteiger partial charge in [0.05, 0.1) is 12.0 Å². The standard InChI is InChI=1S/C12H17F3N2O2/c13-12(14,15)7-1-3-8(4-2-7)16-9-5-6-10(18)17-11(9)19/h7-9,16H,1-6H2,(H,17,18,19). The molecule has 2 amide bonds. The Morgan fingerprint density at radius 3 is 2.21 bits per heavy atom. The molecule has 0 aromatic carbocycles. The summed E-state index contributed by atoms with van der Waals surface area (Å²) in [7, 11) is 0. The number of amides is 2. The van der Waals surface area contributed by atoms with Crippen LogP contribution in [0.4, 0.5) is 13.2 Å². The number of hydrogen-bond donors (Lipinski definition) is 2. The monoisotopic (exact) mass is 278 g/mol. The van der Waals surface area contributed by atoms with Crippen molar-refractivity contribution in [1.82, 2.24) is 10.6 Å². The Morgan fingerprint density at radius 1 is 1.05 bits per heavy atom. The molecule has 1 atom stereocenters. The fraction of sp³-hybridized carbons (Fsp3) is 0.833. The molecule has 1 aliphatic carbocycles. The number of rotatable bonds is 2. The van der Waals surface area contributed by atoms with E-state index in [2.05, 4.69) is 10.6 Å². The molecule has 1 saturated carbocycles.